The van der Waals surface area contributed by atoms with Crippen molar-refractivity contribution in [1.29, 1.82) is 0 Å². The zero-order chi connectivity index (χ0) is 24.1. The van der Waals surface area contributed by atoms with E-state index >= 15 is 0 Å². The number of ketones is 1. The Morgan fingerprint density at radius 1 is 1.15 bits per heavy atom. The van der Waals surface area contributed by atoms with Crippen LogP contribution in [-0.2, 0) is 11.2 Å². The molecule has 0 N–H and O–H groups in total. The predicted molar refractivity (Wildman–Crippen MR) is 135 cm³/mol. The summed E-state index contributed by atoms with van der Waals surface area (Å²) in [6.07, 6.45) is 8.18. The van der Waals surface area contributed by atoms with Gasteiger partial charge in [-0.1, -0.05) is 44.2 Å². The van der Waals surface area contributed by atoms with E-state index < -0.39 is 0 Å². The highest BCUT2D eigenvalue weighted by molar-refractivity contribution is 6.31. The van der Waals surface area contributed by atoms with E-state index in [9.17, 15) is 4.79 Å². The van der Waals surface area contributed by atoms with E-state index in [0.29, 0.717) is 42.3 Å². The van der Waals surface area contributed by atoms with Crippen LogP contribution in [0.4, 0.5) is 5.82 Å². The van der Waals surface area contributed by atoms with Crippen molar-refractivity contribution in [2.45, 2.75) is 58.8 Å². The number of Topliss-reactive ketones (excluding diaryl/α,β-unsaturated/α-hetero) is 1. The minimum atomic E-state index is -0.125. The first-order valence-corrected chi connectivity index (χ1v) is 12.6. The molecular weight excluding hydrogens is 448 g/mol. The fourth-order valence-corrected chi connectivity index (χ4v) is 4.66. The summed E-state index contributed by atoms with van der Waals surface area (Å²) in [4.78, 5) is 29.1. The van der Waals surface area contributed by atoms with Crippen molar-refractivity contribution in [1.82, 2.24) is 15.0 Å². The monoisotopic (exact) mass is 478 g/mol. The quantitative estimate of drug-likeness (QED) is 0.558. The van der Waals surface area contributed by atoms with Gasteiger partial charge in [0.05, 0.1) is 53.7 Å². The molecule has 0 bridgehead atoms. The Balaban J connectivity index is 0.00000133. The molecule has 2 fully saturated rings. The maximum Gasteiger partial charge on any atom is 0.220 e. The Bertz CT molecular complexity index is 1150. The number of carbonyl (C=O) groups excluding carboxylic acids is 1. The van der Waals surface area contributed by atoms with Gasteiger partial charge in [0.25, 0.3) is 0 Å². The molecule has 7 heteroatoms. The lowest BCUT2D eigenvalue weighted by atomic mass is 10.00. The molecule has 2 saturated heterocycles. The molecule has 178 valence electrons. The van der Waals surface area contributed by atoms with Crippen molar-refractivity contribution in [2.75, 3.05) is 31.2 Å². The number of rotatable bonds is 4. The fraction of sp³-hybridized carbons (Fsp3) is 0.481. The molecule has 0 saturated carbocycles. The fourth-order valence-electron chi connectivity index (χ4n) is 4.51. The molecule has 0 spiro atoms. The van der Waals surface area contributed by atoms with Crippen molar-refractivity contribution in [3.63, 3.8) is 0 Å². The van der Waals surface area contributed by atoms with Crippen LogP contribution in [0.25, 0.3) is 5.57 Å². The molecule has 34 heavy (non-hydrogen) atoms. The van der Waals surface area contributed by atoms with Crippen LogP contribution >= 0.6 is 11.6 Å². The Morgan fingerprint density at radius 3 is 2.59 bits per heavy atom. The van der Waals surface area contributed by atoms with Crippen LogP contribution in [0.1, 0.15) is 79.8 Å². The highest BCUT2D eigenvalue weighted by Gasteiger charge is 2.30. The van der Waals surface area contributed by atoms with Crippen LogP contribution in [0.5, 0.6) is 0 Å². The Labute approximate surface area is 206 Å². The minimum absolute atomic E-state index is 0.125. The molecule has 0 radical (unpaired) electrons. The number of anilines is 1. The van der Waals surface area contributed by atoms with E-state index in [1.165, 1.54) is 25.5 Å². The predicted octanol–water partition coefficient (Wildman–Crippen LogP) is 5.26. The Morgan fingerprint density at radius 2 is 1.91 bits per heavy atom. The Hall–Kier alpha value is -2.75. The molecule has 2 aromatic heterocycles. The van der Waals surface area contributed by atoms with Crippen molar-refractivity contribution in [3.05, 3.63) is 51.7 Å². The lowest BCUT2D eigenvalue weighted by Crippen LogP contribution is -2.32. The van der Waals surface area contributed by atoms with Gasteiger partial charge in [-0.3, -0.25) is 14.8 Å². The topological polar surface area (TPSA) is 68.2 Å². The van der Waals surface area contributed by atoms with E-state index in [2.05, 4.69) is 21.7 Å². The van der Waals surface area contributed by atoms with E-state index in [1.54, 1.807) is 6.07 Å². The SMILES string of the molecule is CC.CCC1=C(C#CCc2ncc(N3CCCCC3)nc2C2COC2)C(=O)c2ncc(Cl)cc21. The van der Waals surface area contributed by atoms with Crippen LogP contribution in [0.15, 0.2) is 24.0 Å². The standard InChI is InChI=1S/C25H25ClN4O2.C2H6/c1-2-18-19(25(31)24-20(18)11-17(26)12-28-24)7-6-8-21-23(16-14-32-15-16)29-22(13-27-21)30-9-4-3-5-10-30;1-2/h11-13,16H,2-5,8-10,14-15H2,1H3;1-2H3. The van der Waals surface area contributed by atoms with Gasteiger partial charge < -0.3 is 9.64 Å². The summed E-state index contributed by atoms with van der Waals surface area (Å²) >= 11 is 6.10. The summed E-state index contributed by atoms with van der Waals surface area (Å²) < 4.78 is 5.42. The van der Waals surface area contributed by atoms with Gasteiger partial charge in [-0.25, -0.2) is 4.98 Å². The zero-order valence-electron chi connectivity index (χ0n) is 20.2. The number of nitrogens with zero attached hydrogens (tertiary/aromatic N) is 4. The second-order valence-electron chi connectivity index (χ2n) is 8.41. The smallest absolute Gasteiger partial charge is 0.220 e. The lowest BCUT2D eigenvalue weighted by Gasteiger charge is -2.30. The molecular formula is C27H31ClN4O2. The number of pyridine rings is 1. The largest absolute Gasteiger partial charge is 0.380 e. The van der Waals surface area contributed by atoms with Crippen molar-refractivity contribution in [3.8, 4) is 11.8 Å². The number of fused-ring (bicyclic) bond motifs is 1. The summed E-state index contributed by atoms with van der Waals surface area (Å²) in [6, 6.07) is 1.80. The number of ether oxygens (including phenoxy) is 1. The van der Waals surface area contributed by atoms with Gasteiger partial charge >= 0.3 is 0 Å². The first kappa shape index (κ1) is 24.4. The van der Waals surface area contributed by atoms with Gasteiger partial charge in [0.2, 0.25) is 5.78 Å². The Kier molecular flexibility index (Phi) is 7.97. The molecule has 0 amide bonds. The third-order valence-corrected chi connectivity index (χ3v) is 6.52. The molecule has 0 atom stereocenters. The first-order valence-electron chi connectivity index (χ1n) is 12.3. The summed E-state index contributed by atoms with van der Waals surface area (Å²) in [5.74, 6) is 7.38. The molecule has 2 aromatic rings. The minimum Gasteiger partial charge on any atom is -0.380 e. The zero-order valence-corrected chi connectivity index (χ0v) is 20.9. The summed E-state index contributed by atoms with van der Waals surface area (Å²) in [5.41, 5.74) is 4.51. The molecule has 6 nitrogen and oxygen atoms in total. The van der Waals surface area contributed by atoms with Crippen LogP contribution in [0, 0.1) is 11.8 Å². The van der Waals surface area contributed by atoms with Gasteiger partial charge in [0, 0.05) is 24.8 Å². The second-order valence-corrected chi connectivity index (χ2v) is 8.84. The maximum absolute atomic E-state index is 12.9. The van der Waals surface area contributed by atoms with Crippen LogP contribution in [0.2, 0.25) is 5.02 Å². The van der Waals surface area contributed by atoms with Crippen LogP contribution in [-0.4, -0.2) is 47.0 Å². The number of halogens is 1. The normalized spacial score (nSPS) is 17.4. The van der Waals surface area contributed by atoms with E-state index in [4.69, 9.17) is 26.3 Å². The van der Waals surface area contributed by atoms with E-state index in [-0.39, 0.29) is 11.7 Å². The first-order chi connectivity index (χ1) is 16.7. The van der Waals surface area contributed by atoms with Gasteiger partial charge in [-0.2, -0.15) is 0 Å². The summed E-state index contributed by atoms with van der Waals surface area (Å²) in [6.45, 7) is 9.42. The van der Waals surface area contributed by atoms with Gasteiger partial charge in [-0.15, -0.1) is 0 Å². The number of aromatic nitrogens is 3. The van der Waals surface area contributed by atoms with Crippen molar-refractivity contribution >= 4 is 28.8 Å². The number of hydrogen-bond donors (Lipinski definition) is 0. The molecule has 0 unspecified atom stereocenters. The third-order valence-electron chi connectivity index (χ3n) is 6.32. The average Bonchev–Trinajstić information content (AvgIpc) is 3.10. The summed E-state index contributed by atoms with van der Waals surface area (Å²) in [7, 11) is 0. The summed E-state index contributed by atoms with van der Waals surface area (Å²) in [5, 5.41) is 0.521. The van der Waals surface area contributed by atoms with Crippen LogP contribution < -0.4 is 4.90 Å². The molecule has 4 heterocycles. The third kappa shape index (κ3) is 4.87. The van der Waals surface area contributed by atoms with E-state index in [0.717, 1.165) is 41.4 Å². The van der Waals surface area contributed by atoms with Crippen molar-refractivity contribution < 1.29 is 9.53 Å². The molecule has 0 aromatic carbocycles. The van der Waals surface area contributed by atoms with Crippen molar-refractivity contribution in [2.24, 2.45) is 0 Å². The highest BCUT2D eigenvalue weighted by Crippen LogP contribution is 2.35. The molecule has 5 rings (SSSR count). The van der Waals surface area contributed by atoms with Gasteiger partial charge in [0.15, 0.2) is 0 Å². The molecule has 1 aliphatic carbocycles. The average molecular weight is 479 g/mol. The van der Waals surface area contributed by atoms with E-state index in [1.807, 2.05) is 27.0 Å². The lowest BCUT2D eigenvalue weighted by molar-refractivity contribution is 0.00624. The second kappa shape index (κ2) is 11.1. The molecule has 2 aliphatic heterocycles. The van der Waals surface area contributed by atoms with Gasteiger partial charge in [-0.05, 0) is 37.3 Å². The number of hydrogen-bond acceptors (Lipinski definition) is 6. The maximum atomic E-state index is 12.9. The van der Waals surface area contributed by atoms with Crippen LogP contribution in [0.3, 0.4) is 0 Å². The van der Waals surface area contributed by atoms with Gasteiger partial charge in [0.1, 0.15) is 11.5 Å². The number of carbonyl (C=O) groups is 1. The number of piperidine rings is 1. The number of allylic oxidation sites excluding steroid dienone is 2. The molecule has 3 aliphatic rings. The highest BCUT2D eigenvalue weighted by atomic mass is 35.5.